The van der Waals surface area contributed by atoms with Crippen LogP contribution in [0.2, 0.25) is 5.02 Å². The minimum absolute atomic E-state index is 0.157. The maximum absolute atomic E-state index is 13.9. The molecule has 0 bridgehead atoms. The number of rotatable bonds is 4. The highest BCUT2D eigenvalue weighted by Crippen LogP contribution is 2.23. The number of hydrogen-bond donors (Lipinski definition) is 1. The molecule has 0 radical (unpaired) electrons. The number of halogens is 2. The van der Waals surface area contributed by atoms with Crippen LogP contribution in [-0.2, 0) is 6.54 Å². The van der Waals surface area contributed by atoms with Crippen LogP contribution in [0.3, 0.4) is 0 Å². The van der Waals surface area contributed by atoms with E-state index in [1.54, 1.807) is 12.1 Å². The molecule has 1 aromatic heterocycles. The fourth-order valence-electron chi connectivity index (χ4n) is 2.68. The van der Waals surface area contributed by atoms with Gasteiger partial charge in [-0.1, -0.05) is 17.7 Å². The molecule has 1 aliphatic heterocycles. The number of hydrogen-bond acceptors (Lipinski definition) is 7. The van der Waals surface area contributed by atoms with E-state index < -0.39 is 4.92 Å². The molecule has 0 spiro atoms. The molecule has 2 N–H and O–H groups in total. The minimum Gasteiger partial charge on any atom is -0.378 e. The average molecular weight is 367 g/mol. The standard InChI is InChI=1S/C15H16ClFN6O2/c16-11-2-1-3-12(17)10(11)9-21-4-6-22(7-5-21)15-19-8-13(23(24)25)14(18)20-15/h1-3,8H,4-7,9H2,(H2,18,19,20). The van der Waals surface area contributed by atoms with Gasteiger partial charge in [-0.05, 0) is 12.1 Å². The van der Waals surface area contributed by atoms with Crippen molar-refractivity contribution >= 4 is 29.1 Å². The summed E-state index contributed by atoms with van der Waals surface area (Å²) in [5.74, 6) is -0.122. The molecule has 0 atom stereocenters. The van der Waals surface area contributed by atoms with Crippen LogP contribution in [0, 0.1) is 15.9 Å². The molecule has 3 rings (SSSR count). The average Bonchev–Trinajstić information content (AvgIpc) is 2.58. The van der Waals surface area contributed by atoms with E-state index in [4.69, 9.17) is 17.3 Å². The highest BCUT2D eigenvalue weighted by Gasteiger charge is 2.23. The molecule has 0 aliphatic carbocycles. The first-order chi connectivity index (χ1) is 12.0. The molecule has 1 saturated heterocycles. The number of aromatic nitrogens is 2. The largest absolute Gasteiger partial charge is 0.378 e. The predicted octanol–water partition coefficient (Wildman–Crippen LogP) is 2.08. The quantitative estimate of drug-likeness (QED) is 0.652. The van der Waals surface area contributed by atoms with E-state index in [2.05, 4.69) is 14.9 Å². The van der Waals surface area contributed by atoms with Gasteiger partial charge in [-0.15, -0.1) is 0 Å². The maximum atomic E-state index is 13.9. The Kier molecular flexibility index (Phi) is 4.95. The lowest BCUT2D eigenvalue weighted by molar-refractivity contribution is -0.384. The molecule has 10 heteroatoms. The van der Waals surface area contributed by atoms with E-state index in [1.807, 2.05) is 4.90 Å². The first-order valence-corrected chi connectivity index (χ1v) is 8.00. The van der Waals surface area contributed by atoms with Gasteiger partial charge in [0.05, 0.1) is 4.92 Å². The number of benzene rings is 1. The third-order valence-electron chi connectivity index (χ3n) is 4.08. The van der Waals surface area contributed by atoms with Crippen LogP contribution >= 0.6 is 11.6 Å². The SMILES string of the molecule is Nc1nc(N2CCN(Cc3c(F)cccc3Cl)CC2)ncc1[N+](=O)[O-]. The fraction of sp³-hybridized carbons (Fsp3) is 0.333. The highest BCUT2D eigenvalue weighted by molar-refractivity contribution is 6.31. The van der Waals surface area contributed by atoms with Gasteiger partial charge in [0.2, 0.25) is 11.8 Å². The van der Waals surface area contributed by atoms with Gasteiger partial charge >= 0.3 is 5.69 Å². The van der Waals surface area contributed by atoms with Gasteiger partial charge in [0.1, 0.15) is 12.0 Å². The van der Waals surface area contributed by atoms with Crippen molar-refractivity contribution in [3.63, 3.8) is 0 Å². The molecular formula is C15H16ClFN6O2. The second kappa shape index (κ2) is 7.16. The van der Waals surface area contributed by atoms with Gasteiger partial charge in [0.15, 0.2) is 0 Å². The van der Waals surface area contributed by atoms with Crippen LogP contribution in [0.25, 0.3) is 0 Å². The van der Waals surface area contributed by atoms with Gasteiger partial charge in [-0.3, -0.25) is 15.0 Å². The summed E-state index contributed by atoms with van der Waals surface area (Å²) >= 11 is 6.07. The lowest BCUT2D eigenvalue weighted by Crippen LogP contribution is -2.46. The zero-order valence-electron chi connectivity index (χ0n) is 13.2. The van der Waals surface area contributed by atoms with Crippen molar-refractivity contribution in [2.75, 3.05) is 36.8 Å². The Labute approximate surface area is 148 Å². The summed E-state index contributed by atoms with van der Waals surface area (Å²) < 4.78 is 13.9. The Morgan fingerprint density at radius 1 is 1.32 bits per heavy atom. The minimum atomic E-state index is -0.616. The van der Waals surface area contributed by atoms with Crippen LogP contribution in [0.1, 0.15) is 5.56 Å². The molecule has 2 aromatic rings. The van der Waals surface area contributed by atoms with Crippen molar-refractivity contribution < 1.29 is 9.31 Å². The van der Waals surface area contributed by atoms with Gasteiger partial charge < -0.3 is 10.6 Å². The van der Waals surface area contributed by atoms with Crippen molar-refractivity contribution in [1.29, 1.82) is 0 Å². The third-order valence-corrected chi connectivity index (χ3v) is 4.43. The lowest BCUT2D eigenvalue weighted by Gasteiger charge is -2.34. The molecule has 1 aliphatic rings. The predicted molar refractivity (Wildman–Crippen MR) is 92.0 cm³/mol. The monoisotopic (exact) mass is 366 g/mol. The number of anilines is 2. The molecule has 0 amide bonds. The number of nitrogens with zero attached hydrogens (tertiary/aromatic N) is 5. The van der Waals surface area contributed by atoms with Crippen LogP contribution in [0.15, 0.2) is 24.4 Å². The van der Waals surface area contributed by atoms with E-state index in [0.717, 1.165) is 6.20 Å². The topological polar surface area (TPSA) is 101 Å². The Balaban J connectivity index is 1.64. The zero-order chi connectivity index (χ0) is 18.0. The smallest absolute Gasteiger partial charge is 0.329 e. The van der Waals surface area contributed by atoms with Crippen molar-refractivity contribution in [3.05, 3.63) is 50.9 Å². The third kappa shape index (κ3) is 3.77. The molecular weight excluding hydrogens is 351 g/mol. The number of nitro groups is 1. The van der Waals surface area contributed by atoms with Crippen LogP contribution in [0.5, 0.6) is 0 Å². The van der Waals surface area contributed by atoms with E-state index >= 15 is 0 Å². The van der Waals surface area contributed by atoms with E-state index in [-0.39, 0.29) is 17.3 Å². The van der Waals surface area contributed by atoms with Gasteiger partial charge in [-0.25, -0.2) is 9.37 Å². The summed E-state index contributed by atoms with van der Waals surface area (Å²) in [4.78, 5) is 22.1. The molecule has 8 nitrogen and oxygen atoms in total. The lowest BCUT2D eigenvalue weighted by atomic mass is 10.2. The van der Waals surface area contributed by atoms with Crippen molar-refractivity contribution in [2.24, 2.45) is 0 Å². The molecule has 1 fully saturated rings. The molecule has 1 aromatic carbocycles. The normalized spacial score (nSPS) is 15.4. The highest BCUT2D eigenvalue weighted by atomic mass is 35.5. The molecule has 25 heavy (non-hydrogen) atoms. The second-order valence-corrected chi connectivity index (χ2v) is 6.07. The number of nitrogens with two attached hydrogens (primary N) is 1. The second-order valence-electron chi connectivity index (χ2n) is 5.66. The fourth-order valence-corrected chi connectivity index (χ4v) is 2.91. The first kappa shape index (κ1) is 17.3. The van der Waals surface area contributed by atoms with Crippen molar-refractivity contribution in [3.8, 4) is 0 Å². The molecule has 0 unspecified atom stereocenters. The summed E-state index contributed by atoms with van der Waals surface area (Å²) in [6.45, 7) is 2.94. The molecule has 132 valence electrons. The van der Waals surface area contributed by atoms with E-state index in [1.165, 1.54) is 6.07 Å². The van der Waals surface area contributed by atoms with E-state index in [9.17, 15) is 14.5 Å². The molecule has 2 heterocycles. The zero-order valence-corrected chi connectivity index (χ0v) is 14.0. The maximum Gasteiger partial charge on any atom is 0.329 e. The summed E-state index contributed by atoms with van der Waals surface area (Å²) in [5, 5.41) is 11.2. The first-order valence-electron chi connectivity index (χ1n) is 7.63. The van der Waals surface area contributed by atoms with Gasteiger partial charge in [0.25, 0.3) is 0 Å². The van der Waals surface area contributed by atoms with Gasteiger partial charge in [-0.2, -0.15) is 4.98 Å². The Bertz CT molecular complexity index is 777. The van der Waals surface area contributed by atoms with Crippen LogP contribution in [0.4, 0.5) is 21.8 Å². The van der Waals surface area contributed by atoms with Crippen molar-refractivity contribution in [2.45, 2.75) is 6.54 Å². The Morgan fingerprint density at radius 2 is 2.04 bits per heavy atom. The summed E-state index contributed by atoms with van der Waals surface area (Å²) in [7, 11) is 0. The summed E-state index contributed by atoms with van der Waals surface area (Å²) in [6.07, 6.45) is 1.11. The van der Waals surface area contributed by atoms with Crippen molar-refractivity contribution in [1.82, 2.24) is 14.9 Å². The summed E-state index contributed by atoms with van der Waals surface area (Å²) in [6, 6.07) is 4.64. The number of nitrogen functional groups attached to an aromatic ring is 1. The number of piperazine rings is 1. The summed E-state index contributed by atoms with van der Waals surface area (Å²) in [5.41, 5.74) is 5.78. The van der Waals surface area contributed by atoms with E-state index in [0.29, 0.717) is 49.3 Å². The van der Waals surface area contributed by atoms with Crippen LogP contribution in [-0.4, -0.2) is 46.0 Å². The van der Waals surface area contributed by atoms with Crippen LogP contribution < -0.4 is 10.6 Å². The Hall–Kier alpha value is -2.52. The molecule has 0 saturated carbocycles. The Morgan fingerprint density at radius 3 is 2.64 bits per heavy atom. The van der Waals surface area contributed by atoms with Gasteiger partial charge in [0, 0.05) is 43.3 Å².